The van der Waals surface area contributed by atoms with Crippen molar-refractivity contribution in [3.05, 3.63) is 85.7 Å². The molecule has 0 unspecified atom stereocenters. The first-order valence-corrected chi connectivity index (χ1v) is 10.6. The molecule has 30 heavy (non-hydrogen) atoms. The van der Waals surface area contributed by atoms with Crippen molar-refractivity contribution in [2.75, 3.05) is 5.32 Å². The predicted octanol–water partition coefficient (Wildman–Crippen LogP) is 5.17. The number of thiazole rings is 1. The lowest BCUT2D eigenvalue weighted by atomic mass is 10.2. The van der Waals surface area contributed by atoms with Gasteiger partial charge in [-0.05, 0) is 31.2 Å². The zero-order valence-electron chi connectivity index (χ0n) is 16.0. The molecule has 0 atom stereocenters. The Balaban J connectivity index is 1.63. The molecule has 4 rings (SSSR count). The fraction of sp³-hybridized carbons (Fsp3) is 0.0952. The normalized spacial score (nSPS) is 10.9. The van der Waals surface area contributed by atoms with Gasteiger partial charge in [0.05, 0.1) is 21.4 Å². The van der Waals surface area contributed by atoms with Crippen molar-refractivity contribution in [1.82, 2.24) is 14.3 Å². The second kappa shape index (κ2) is 8.10. The van der Waals surface area contributed by atoms with E-state index in [1.54, 1.807) is 42.2 Å². The number of benzene rings is 2. The van der Waals surface area contributed by atoms with E-state index in [4.69, 9.17) is 23.2 Å². The van der Waals surface area contributed by atoms with Gasteiger partial charge in [-0.25, -0.2) is 9.67 Å². The number of rotatable bonds is 4. The molecular formula is C21H16Cl2N4O2S. The number of para-hydroxylation sites is 1. The molecule has 0 saturated heterocycles. The number of hydrogen-bond acceptors (Lipinski definition) is 4. The van der Waals surface area contributed by atoms with Crippen molar-refractivity contribution in [3.8, 4) is 16.3 Å². The van der Waals surface area contributed by atoms with Crippen LogP contribution in [0.15, 0.2) is 58.7 Å². The van der Waals surface area contributed by atoms with Crippen molar-refractivity contribution in [3.63, 3.8) is 0 Å². The number of carbonyl (C=O) groups excluding carboxylic acids is 1. The molecule has 2 aromatic carbocycles. The number of carbonyl (C=O) groups is 1. The molecule has 1 amide bonds. The Hall–Kier alpha value is -2.87. The summed E-state index contributed by atoms with van der Waals surface area (Å²) in [6.07, 6.45) is 0. The lowest BCUT2D eigenvalue weighted by Gasteiger charge is -2.07. The first kappa shape index (κ1) is 20.4. The maximum absolute atomic E-state index is 13.0. The van der Waals surface area contributed by atoms with Crippen LogP contribution in [-0.2, 0) is 7.05 Å². The molecule has 9 heteroatoms. The fourth-order valence-corrected chi connectivity index (χ4v) is 4.12. The number of hydrogen-bond donors (Lipinski definition) is 1. The summed E-state index contributed by atoms with van der Waals surface area (Å²) in [5, 5.41) is 5.85. The van der Waals surface area contributed by atoms with Crippen LogP contribution in [-0.4, -0.2) is 20.3 Å². The van der Waals surface area contributed by atoms with E-state index in [1.807, 2.05) is 30.3 Å². The van der Waals surface area contributed by atoms with Gasteiger partial charge >= 0.3 is 0 Å². The SMILES string of the molecule is Cc1c(NC(=O)c2csc(-c3ccc(Cl)c(Cl)c3)n2)c(=O)n(-c2ccccc2)n1C. The Labute approximate surface area is 186 Å². The molecule has 0 bridgehead atoms. The van der Waals surface area contributed by atoms with Crippen molar-refractivity contribution >= 4 is 46.1 Å². The van der Waals surface area contributed by atoms with Crippen LogP contribution >= 0.6 is 34.5 Å². The van der Waals surface area contributed by atoms with Gasteiger partial charge in [0.15, 0.2) is 0 Å². The van der Waals surface area contributed by atoms with E-state index < -0.39 is 5.91 Å². The summed E-state index contributed by atoms with van der Waals surface area (Å²) in [5.41, 5.74) is 2.23. The van der Waals surface area contributed by atoms with Gasteiger partial charge in [0.25, 0.3) is 11.5 Å². The monoisotopic (exact) mass is 458 g/mol. The Bertz CT molecular complexity index is 1310. The Kier molecular flexibility index (Phi) is 5.51. The Morgan fingerprint density at radius 2 is 1.83 bits per heavy atom. The summed E-state index contributed by atoms with van der Waals surface area (Å²) in [7, 11) is 1.77. The number of nitrogens with one attached hydrogen (secondary N) is 1. The van der Waals surface area contributed by atoms with Gasteiger partial charge in [0.2, 0.25) is 0 Å². The number of amides is 1. The van der Waals surface area contributed by atoms with Gasteiger partial charge in [-0.2, -0.15) is 0 Å². The van der Waals surface area contributed by atoms with Crippen LogP contribution in [0.1, 0.15) is 16.2 Å². The molecule has 0 spiro atoms. The Morgan fingerprint density at radius 1 is 1.10 bits per heavy atom. The van der Waals surface area contributed by atoms with Crippen molar-refractivity contribution in [1.29, 1.82) is 0 Å². The van der Waals surface area contributed by atoms with Gasteiger partial charge in [-0.3, -0.25) is 14.3 Å². The lowest BCUT2D eigenvalue weighted by Crippen LogP contribution is -2.23. The van der Waals surface area contributed by atoms with Gasteiger partial charge in [0.1, 0.15) is 16.4 Å². The van der Waals surface area contributed by atoms with Gasteiger partial charge in [-0.1, -0.05) is 47.5 Å². The molecule has 6 nitrogen and oxygen atoms in total. The van der Waals surface area contributed by atoms with E-state index in [1.165, 1.54) is 16.0 Å². The molecule has 4 aromatic rings. The Morgan fingerprint density at radius 3 is 2.53 bits per heavy atom. The first-order valence-electron chi connectivity index (χ1n) is 8.93. The summed E-state index contributed by atoms with van der Waals surface area (Å²) in [4.78, 5) is 30.1. The second-order valence-electron chi connectivity index (χ2n) is 6.56. The van der Waals surface area contributed by atoms with Crippen LogP contribution in [0.4, 0.5) is 5.69 Å². The van der Waals surface area contributed by atoms with Crippen molar-refractivity contribution < 1.29 is 4.79 Å². The van der Waals surface area contributed by atoms with E-state index >= 15 is 0 Å². The molecule has 152 valence electrons. The maximum Gasteiger partial charge on any atom is 0.295 e. The molecule has 0 aliphatic carbocycles. The molecule has 0 radical (unpaired) electrons. The van der Waals surface area contributed by atoms with E-state index in [0.717, 1.165) is 5.56 Å². The predicted molar refractivity (Wildman–Crippen MR) is 121 cm³/mol. The molecule has 2 heterocycles. The zero-order valence-corrected chi connectivity index (χ0v) is 18.3. The minimum atomic E-state index is -0.455. The second-order valence-corrected chi connectivity index (χ2v) is 8.23. The topological polar surface area (TPSA) is 68.9 Å². The van der Waals surface area contributed by atoms with Gasteiger partial charge in [-0.15, -0.1) is 11.3 Å². The first-order chi connectivity index (χ1) is 14.4. The number of anilines is 1. The molecule has 0 aliphatic rings. The van der Waals surface area contributed by atoms with Crippen LogP contribution in [0.3, 0.4) is 0 Å². The molecule has 0 fully saturated rings. The van der Waals surface area contributed by atoms with E-state index in [-0.39, 0.29) is 16.9 Å². The van der Waals surface area contributed by atoms with Crippen molar-refractivity contribution in [2.24, 2.45) is 7.05 Å². The average molecular weight is 459 g/mol. The third-order valence-corrected chi connectivity index (χ3v) is 6.33. The van der Waals surface area contributed by atoms with E-state index in [2.05, 4.69) is 10.3 Å². The van der Waals surface area contributed by atoms with Crippen LogP contribution in [0, 0.1) is 6.92 Å². The third-order valence-electron chi connectivity index (χ3n) is 4.70. The van der Waals surface area contributed by atoms with Crippen LogP contribution in [0.2, 0.25) is 10.0 Å². The summed E-state index contributed by atoms with van der Waals surface area (Å²) >= 11 is 13.3. The smallest absolute Gasteiger partial charge is 0.295 e. The van der Waals surface area contributed by atoms with Crippen LogP contribution in [0.5, 0.6) is 0 Å². The van der Waals surface area contributed by atoms with Crippen LogP contribution < -0.4 is 10.9 Å². The maximum atomic E-state index is 13.0. The number of nitrogens with zero attached hydrogens (tertiary/aromatic N) is 3. The molecule has 0 aliphatic heterocycles. The lowest BCUT2D eigenvalue weighted by molar-refractivity contribution is 0.102. The van der Waals surface area contributed by atoms with Crippen molar-refractivity contribution in [2.45, 2.75) is 6.92 Å². The summed E-state index contributed by atoms with van der Waals surface area (Å²) in [6.45, 7) is 1.78. The highest BCUT2D eigenvalue weighted by Gasteiger charge is 2.20. The van der Waals surface area contributed by atoms with Gasteiger partial charge < -0.3 is 5.32 Å². The van der Waals surface area contributed by atoms with E-state index in [0.29, 0.717) is 26.4 Å². The summed E-state index contributed by atoms with van der Waals surface area (Å²) in [6, 6.07) is 14.4. The zero-order chi connectivity index (χ0) is 21.4. The highest BCUT2D eigenvalue weighted by atomic mass is 35.5. The third kappa shape index (κ3) is 3.67. The summed E-state index contributed by atoms with van der Waals surface area (Å²) in [5.74, 6) is -0.455. The number of halogens is 2. The molecule has 2 aromatic heterocycles. The minimum Gasteiger partial charge on any atom is -0.314 e. The standard InChI is InChI=1S/C21H16Cl2N4O2S/c1-12-18(21(29)27(26(12)2)14-6-4-3-5-7-14)25-19(28)17-11-30-20(24-17)13-8-9-15(22)16(23)10-13/h3-11H,1-2H3,(H,25,28). The highest BCUT2D eigenvalue weighted by molar-refractivity contribution is 7.13. The average Bonchev–Trinajstić information content (AvgIpc) is 3.31. The highest BCUT2D eigenvalue weighted by Crippen LogP contribution is 2.30. The number of aromatic nitrogens is 3. The summed E-state index contributed by atoms with van der Waals surface area (Å²) < 4.78 is 3.21. The molecular weight excluding hydrogens is 443 g/mol. The van der Waals surface area contributed by atoms with Gasteiger partial charge in [0, 0.05) is 18.0 Å². The van der Waals surface area contributed by atoms with Crippen LogP contribution in [0.25, 0.3) is 16.3 Å². The minimum absolute atomic E-state index is 0.218. The largest absolute Gasteiger partial charge is 0.314 e. The van der Waals surface area contributed by atoms with E-state index in [9.17, 15) is 9.59 Å². The quantitative estimate of drug-likeness (QED) is 0.458. The molecule has 1 N–H and O–H groups in total. The fourth-order valence-electron chi connectivity index (χ4n) is 3.03. The molecule has 0 saturated carbocycles.